The van der Waals surface area contributed by atoms with Gasteiger partial charge in [0, 0.05) is 0 Å². The lowest BCUT2D eigenvalue weighted by Gasteiger charge is -2.37. The third-order valence-corrected chi connectivity index (χ3v) is 3.41. The molecule has 1 aromatic rings. The van der Waals surface area contributed by atoms with E-state index in [0.717, 1.165) is 5.69 Å². The monoisotopic (exact) mass is 233 g/mol. The molecule has 4 heteroatoms. The third-order valence-electron chi connectivity index (χ3n) is 3.41. The van der Waals surface area contributed by atoms with E-state index in [1.54, 1.807) is 5.01 Å². The first-order chi connectivity index (χ1) is 7.83. The normalized spacial score (nSPS) is 24.9. The van der Waals surface area contributed by atoms with Crippen LogP contribution in [0.1, 0.15) is 27.7 Å². The van der Waals surface area contributed by atoms with Crippen molar-refractivity contribution in [2.24, 2.45) is 5.41 Å². The molecule has 17 heavy (non-hydrogen) atoms. The van der Waals surface area contributed by atoms with E-state index in [0.29, 0.717) is 0 Å². The van der Waals surface area contributed by atoms with Crippen molar-refractivity contribution in [1.82, 2.24) is 10.7 Å². The molecule has 1 heterocycles. The van der Waals surface area contributed by atoms with Crippen molar-refractivity contribution >= 4 is 11.7 Å². The number of para-hydroxylation sites is 1. The highest BCUT2D eigenvalue weighted by atomic mass is 16.2. The van der Waals surface area contributed by atoms with Crippen LogP contribution in [0.25, 0.3) is 0 Å². The molecule has 1 aromatic carbocycles. The maximum Gasteiger partial charge on any atom is 0.338 e. The van der Waals surface area contributed by atoms with Gasteiger partial charge in [0.25, 0.3) is 0 Å². The van der Waals surface area contributed by atoms with E-state index in [2.05, 4.69) is 31.5 Å². The van der Waals surface area contributed by atoms with Crippen LogP contribution >= 0.6 is 0 Å². The van der Waals surface area contributed by atoms with Gasteiger partial charge in [-0.15, -0.1) is 0 Å². The first kappa shape index (κ1) is 11.9. The van der Waals surface area contributed by atoms with Crippen LogP contribution in [0.15, 0.2) is 30.3 Å². The van der Waals surface area contributed by atoms with Crippen molar-refractivity contribution in [3.05, 3.63) is 30.3 Å². The van der Waals surface area contributed by atoms with Crippen LogP contribution in [0.2, 0.25) is 0 Å². The predicted octanol–water partition coefficient (Wildman–Crippen LogP) is 2.48. The summed E-state index contributed by atoms with van der Waals surface area (Å²) in [6, 6.07) is 9.45. The zero-order chi connectivity index (χ0) is 12.7. The van der Waals surface area contributed by atoms with Crippen molar-refractivity contribution in [3.63, 3.8) is 0 Å². The van der Waals surface area contributed by atoms with Gasteiger partial charge in [-0.1, -0.05) is 39.0 Å². The number of anilines is 1. The van der Waals surface area contributed by atoms with Gasteiger partial charge in [0.1, 0.15) is 5.66 Å². The highest BCUT2D eigenvalue weighted by Crippen LogP contribution is 2.32. The fourth-order valence-corrected chi connectivity index (χ4v) is 1.69. The molecule has 1 atom stereocenters. The second kappa shape index (κ2) is 3.74. The molecule has 92 valence electrons. The van der Waals surface area contributed by atoms with Gasteiger partial charge in [-0.3, -0.25) is 0 Å². The summed E-state index contributed by atoms with van der Waals surface area (Å²) in [5, 5.41) is 4.56. The Kier molecular flexibility index (Phi) is 2.62. The SMILES string of the molecule is CC(C)(C)[C@@]1(C)NC(=O)N(c2ccccc2)N1. The van der Waals surface area contributed by atoms with Crippen molar-refractivity contribution in [1.29, 1.82) is 0 Å². The number of hydrazine groups is 1. The lowest BCUT2D eigenvalue weighted by molar-refractivity contribution is 0.155. The Labute approximate surface area is 102 Å². The molecular formula is C13H19N3O. The average molecular weight is 233 g/mol. The maximum absolute atomic E-state index is 12.0. The minimum Gasteiger partial charge on any atom is -0.317 e. The van der Waals surface area contributed by atoms with Crippen molar-refractivity contribution < 1.29 is 4.79 Å². The molecule has 2 rings (SSSR count). The molecule has 0 saturated carbocycles. The van der Waals surface area contributed by atoms with Crippen LogP contribution in [-0.4, -0.2) is 11.7 Å². The van der Waals surface area contributed by atoms with Gasteiger partial charge in [0.05, 0.1) is 5.69 Å². The largest absolute Gasteiger partial charge is 0.338 e. The van der Waals surface area contributed by atoms with Crippen LogP contribution in [0, 0.1) is 5.41 Å². The summed E-state index contributed by atoms with van der Waals surface area (Å²) in [6.45, 7) is 8.27. The molecule has 0 radical (unpaired) electrons. The number of carbonyl (C=O) groups excluding carboxylic acids is 1. The first-order valence-electron chi connectivity index (χ1n) is 5.79. The topological polar surface area (TPSA) is 44.4 Å². The summed E-state index contributed by atoms with van der Waals surface area (Å²) in [5.41, 5.74) is 3.57. The maximum atomic E-state index is 12.0. The van der Waals surface area contributed by atoms with Crippen molar-refractivity contribution in [2.75, 3.05) is 5.01 Å². The fraction of sp³-hybridized carbons (Fsp3) is 0.462. The smallest absolute Gasteiger partial charge is 0.317 e. The van der Waals surface area contributed by atoms with Gasteiger partial charge >= 0.3 is 6.03 Å². The number of hydrogen-bond acceptors (Lipinski definition) is 2. The molecule has 0 aromatic heterocycles. The fourth-order valence-electron chi connectivity index (χ4n) is 1.69. The Hall–Kier alpha value is -1.55. The molecule has 4 nitrogen and oxygen atoms in total. The zero-order valence-electron chi connectivity index (χ0n) is 10.7. The van der Waals surface area contributed by atoms with E-state index in [4.69, 9.17) is 0 Å². The number of hydrogen-bond donors (Lipinski definition) is 2. The van der Waals surface area contributed by atoms with E-state index < -0.39 is 5.66 Å². The van der Waals surface area contributed by atoms with Crippen LogP contribution in [0.5, 0.6) is 0 Å². The molecule has 1 saturated heterocycles. The quantitative estimate of drug-likeness (QED) is 0.782. The Morgan fingerprint density at radius 3 is 2.24 bits per heavy atom. The zero-order valence-corrected chi connectivity index (χ0v) is 10.7. The summed E-state index contributed by atoms with van der Waals surface area (Å²) in [5.74, 6) is 0. The van der Waals surface area contributed by atoms with E-state index >= 15 is 0 Å². The molecule has 0 aliphatic carbocycles. The molecule has 0 bridgehead atoms. The Balaban J connectivity index is 2.28. The minimum absolute atomic E-state index is 0.0772. The average Bonchev–Trinajstić information content (AvgIpc) is 2.56. The van der Waals surface area contributed by atoms with Gasteiger partial charge in [0.15, 0.2) is 0 Å². The lowest BCUT2D eigenvalue weighted by Crippen LogP contribution is -2.57. The molecule has 2 N–H and O–H groups in total. The third kappa shape index (κ3) is 2.00. The molecule has 1 aliphatic rings. The number of nitrogens with one attached hydrogen (secondary N) is 2. The number of carbonyl (C=O) groups is 1. The number of nitrogens with zero attached hydrogens (tertiary/aromatic N) is 1. The van der Waals surface area contributed by atoms with Crippen molar-refractivity contribution in [2.45, 2.75) is 33.4 Å². The molecule has 2 amide bonds. The number of amides is 2. The Morgan fingerprint density at radius 1 is 1.18 bits per heavy atom. The van der Waals surface area contributed by atoms with Crippen LogP contribution in [0.3, 0.4) is 0 Å². The Bertz CT molecular complexity index is 424. The summed E-state index contributed by atoms with van der Waals surface area (Å²) >= 11 is 0. The van der Waals surface area contributed by atoms with E-state index in [1.807, 2.05) is 37.3 Å². The van der Waals surface area contributed by atoms with Crippen LogP contribution in [-0.2, 0) is 0 Å². The Morgan fingerprint density at radius 2 is 1.76 bits per heavy atom. The number of rotatable bonds is 1. The number of benzene rings is 1. The van der Waals surface area contributed by atoms with E-state index in [-0.39, 0.29) is 11.4 Å². The first-order valence-corrected chi connectivity index (χ1v) is 5.79. The number of urea groups is 1. The summed E-state index contributed by atoms with van der Waals surface area (Å²) < 4.78 is 0. The second-order valence-electron chi connectivity index (χ2n) is 5.59. The van der Waals surface area contributed by atoms with Crippen LogP contribution in [0.4, 0.5) is 10.5 Å². The highest BCUT2D eigenvalue weighted by molar-refractivity contribution is 5.93. The second-order valence-corrected chi connectivity index (χ2v) is 5.59. The standard InChI is InChI=1S/C13H19N3O/c1-12(2,3)13(4)14-11(17)16(15-13)10-8-6-5-7-9-10/h5-9,15H,1-4H3,(H,14,17)/t13-/m0/s1. The summed E-state index contributed by atoms with van der Waals surface area (Å²) in [7, 11) is 0. The predicted molar refractivity (Wildman–Crippen MR) is 68.4 cm³/mol. The molecule has 1 fully saturated rings. The molecular weight excluding hydrogens is 214 g/mol. The van der Waals surface area contributed by atoms with Gasteiger partial charge in [-0.05, 0) is 24.5 Å². The summed E-state index contributed by atoms with van der Waals surface area (Å²) in [6.07, 6.45) is 0. The van der Waals surface area contributed by atoms with Crippen molar-refractivity contribution in [3.8, 4) is 0 Å². The molecule has 0 spiro atoms. The molecule has 1 aliphatic heterocycles. The van der Waals surface area contributed by atoms with E-state index in [1.165, 1.54) is 0 Å². The van der Waals surface area contributed by atoms with Gasteiger partial charge < -0.3 is 5.32 Å². The van der Waals surface area contributed by atoms with Gasteiger partial charge in [0.2, 0.25) is 0 Å². The van der Waals surface area contributed by atoms with Crippen LogP contribution < -0.4 is 15.8 Å². The molecule has 0 unspecified atom stereocenters. The van der Waals surface area contributed by atoms with Gasteiger partial charge in [-0.2, -0.15) is 0 Å². The lowest BCUT2D eigenvalue weighted by atomic mass is 9.82. The van der Waals surface area contributed by atoms with E-state index in [9.17, 15) is 4.79 Å². The summed E-state index contributed by atoms with van der Waals surface area (Å²) in [4.78, 5) is 12.0. The van der Waals surface area contributed by atoms with Gasteiger partial charge in [-0.25, -0.2) is 15.2 Å². The minimum atomic E-state index is -0.445. The highest BCUT2D eigenvalue weighted by Gasteiger charge is 2.46.